The highest BCUT2D eigenvalue weighted by Gasteiger charge is 2.05. The zero-order chi connectivity index (χ0) is 7.98. The lowest BCUT2D eigenvalue weighted by Crippen LogP contribution is -2.16. The Morgan fingerprint density at radius 2 is 2.00 bits per heavy atom. The van der Waals surface area contributed by atoms with E-state index in [0.717, 1.165) is 13.0 Å². The molecule has 0 aliphatic carbocycles. The van der Waals surface area contributed by atoms with Gasteiger partial charge in [0.05, 0.1) is 0 Å². The molecule has 0 saturated carbocycles. The van der Waals surface area contributed by atoms with Crippen molar-refractivity contribution in [2.75, 3.05) is 13.2 Å². The smallest absolute Gasteiger partial charge is 0.0441 e. The lowest BCUT2D eigenvalue weighted by molar-refractivity contribution is 0.289. The molecule has 0 heterocycles. The molecule has 0 aromatic carbocycles. The van der Waals surface area contributed by atoms with Crippen LogP contribution in [0.3, 0.4) is 0 Å². The molecular formula is C7H17NOS. The second-order valence-electron chi connectivity index (χ2n) is 2.51. The Labute approximate surface area is 67.2 Å². The van der Waals surface area contributed by atoms with E-state index < -0.39 is 0 Å². The second kappa shape index (κ2) is 6.01. The van der Waals surface area contributed by atoms with Crippen molar-refractivity contribution in [3.63, 3.8) is 0 Å². The Kier molecular flexibility index (Phi) is 6.17. The number of hydrogen-bond acceptors (Lipinski definition) is 3. The second-order valence-corrected chi connectivity index (χ2v) is 4.39. The van der Waals surface area contributed by atoms with Gasteiger partial charge in [0.2, 0.25) is 0 Å². The molecule has 0 spiro atoms. The first-order valence-corrected chi connectivity index (χ1v) is 4.61. The maximum Gasteiger partial charge on any atom is 0.0441 e. The quantitative estimate of drug-likeness (QED) is 0.631. The van der Waals surface area contributed by atoms with Gasteiger partial charge in [-0.2, -0.15) is 11.8 Å². The first kappa shape index (κ1) is 10.3. The average molecular weight is 163 g/mol. The lowest BCUT2D eigenvalue weighted by atomic mass is 10.3. The van der Waals surface area contributed by atoms with E-state index >= 15 is 0 Å². The van der Waals surface area contributed by atoms with E-state index in [1.807, 2.05) is 11.8 Å². The van der Waals surface area contributed by atoms with Gasteiger partial charge < -0.3 is 10.8 Å². The highest BCUT2D eigenvalue weighted by atomic mass is 32.2. The van der Waals surface area contributed by atoms with Crippen molar-refractivity contribution in [2.45, 2.75) is 30.8 Å². The number of aliphatic hydroxyl groups excluding tert-OH is 1. The number of hydrogen-bond donors (Lipinski definition) is 2. The summed E-state index contributed by atoms with van der Waals surface area (Å²) in [5.41, 5.74) is 5.43. The Morgan fingerprint density at radius 3 is 2.40 bits per heavy atom. The third kappa shape index (κ3) is 5.09. The van der Waals surface area contributed by atoms with Crippen molar-refractivity contribution in [3.05, 3.63) is 0 Å². The summed E-state index contributed by atoms with van der Waals surface area (Å²) in [6, 6.07) is 0. The lowest BCUT2D eigenvalue weighted by Gasteiger charge is -2.13. The predicted molar refractivity (Wildman–Crippen MR) is 47.3 cm³/mol. The van der Waals surface area contributed by atoms with Gasteiger partial charge in [0, 0.05) is 23.7 Å². The minimum absolute atomic E-state index is 0.283. The van der Waals surface area contributed by atoms with Crippen LogP contribution in [0.15, 0.2) is 0 Å². The van der Waals surface area contributed by atoms with Gasteiger partial charge in [-0.05, 0) is 6.42 Å². The van der Waals surface area contributed by atoms with Crippen LogP contribution in [0.25, 0.3) is 0 Å². The molecule has 0 bridgehead atoms. The molecule has 3 heteroatoms. The van der Waals surface area contributed by atoms with Crippen molar-refractivity contribution in [2.24, 2.45) is 5.73 Å². The van der Waals surface area contributed by atoms with Crippen LogP contribution in [-0.2, 0) is 0 Å². The van der Waals surface area contributed by atoms with Crippen molar-refractivity contribution in [1.82, 2.24) is 0 Å². The highest BCUT2D eigenvalue weighted by Crippen LogP contribution is 2.18. The van der Waals surface area contributed by atoms with Crippen LogP contribution in [0.1, 0.15) is 20.3 Å². The summed E-state index contributed by atoms with van der Waals surface area (Å²) in [4.78, 5) is 0. The minimum atomic E-state index is 0.283. The van der Waals surface area contributed by atoms with Crippen LogP contribution in [-0.4, -0.2) is 28.8 Å². The fourth-order valence-corrected chi connectivity index (χ4v) is 1.85. The molecule has 62 valence electrons. The van der Waals surface area contributed by atoms with E-state index in [1.165, 1.54) is 0 Å². The largest absolute Gasteiger partial charge is 0.396 e. The molecule has 0 aliphatic rings. The van der Waals surface area contributed by atoms with Crippen molar-refractivity contribution < 1.29 is 5.11 Å². The molecule has 0 aromatic rings. The van der Waals surface area contributed by atoms with Crippen LogP contribution in [0.2, 0.25) is 0 Å². The maximum absolute atomic E-state index is 8.58. The predicted octanol–water partition coefficient (Wildman–Crippen LogP) is 0.838. The average Bonchev–Trinajstić information content (AvgIpc) is 1.88. The summed E-state index contributed by atoms with van der Waals surface area (Å²) in [5, 5.41) is 9.62. The Hall–Kier alpha value is 0.270. The van der Waals surface area contributed by atoms with E-state index in [-0.39, 0.29) is 6.61 Å². The molecule has 2 nitrogen and oxygen atoms in total. The van der Waals surface area contributed by atoms with E-state index in [9.17, 15) is 0 Å². The summed E-state index contributed by atoms with van der Waals surface area (Å²) < 4.78 is 0. The van der Waals surface area contributed by atoms with E-state index in [1.54, 1.807) is 0 Å². The van der Waals surface area contributed by atoms with Gasteiger partial charge >= 0.3 is 0 Å². The molecule has 0 aromatic heterocycles. The minimum Gasteiger partial charge on any atom is -0.396 e. The third-order valence-electron chi connectivity index (χ3n) is 1.33. The zero-order valence-corrected chi connectivity index (χ0v) is 7.53. The molecular weight excluding hydrogens is 146 g/mol. The van der Waals surface area contributed by atoms with Crippen LogP contribution < -0.4 is 5.73 Å². The summed E-state index contributed by atoms with van der Waals surface area (Å²) in [6.45, 7) is 5.23. The molecule has 3 N–H and O–H groups in total. The Balaban J connectivity index is 3.27. The normalized spacial score (nSPS) is 16.8. The molecule has 0 radical (unpaired) electrons. The first-order chi connectivity index (χ1) is 4.70. The van der Waals surface area contributed by atoms with Crippen molar-refractivity contribution >= 4 is 11.8 Å². The fourth-order valence-electron chi connectivity index (χ4n) is 0.702. The van der Waals surface area contributed by atoms with E-state index in [0.29, 0.717) is 10.5 Å². The fraction of sp³-hybridized carbons (Fsp3) is 1.00. The first-order valence-electron chi connectivity index (χ1n) is 3.67. The number of thioether (sulfide) groups is 1. The van der Waals surface area contributed by atoms with Crippen LogP contribution in [0.5, 0.6) is 0 Å². The summed E-state index contributed by atoms with van der Waals surface area (Å²) in [5.74, 6) is 0. The van der Waals surface area contributed by atoms with Crippen LogP contribution >= 0.6 is 11.8 Å². The van der Waals surface area contributed by atoms with Crippen LogP contribution in [0.4, 0.5) is 0 Å². The molecule has 2 atom stereocenters. The van der Waals surface area contributed by atoms with Crippen molar-refractivity contribution in [3.8, 4) is 0 Å². The summed E-state index contributed by atoms with van der Waals surface area (Å²) >= 11 is 1.84. The molecule has 0 saturated heterocycles. The Morgan fingerprint density at radius 1 is 1.40 bits per heavy atom. The zero-order valence-electron chi connectivity index (χ0n) is 6.71. The van der Waals surface area contributed by atoms with Gasteiger partial charge in [-0.25, -0.2) is 0 Å². The SMILES string of the molecule is CC(CN)SC(C)CCO. The van der Waals surface area contributed by atoms with Gasteiger partial charge in [0.1, 0.15) is 0 Å². The molecule has 0 fully saturated rings. The molecule has 10 heavy (non-hydrogen) atoms. The molecule has 2 unspecified atom stereocenters. The highest BCUT2D eigenvalue weighted by molar-refractivity contribution is 8.00. The topological polar surface area (TPSA) is 46.2 Å². The third-order valence-corrected chi connectivity index (χ3v) is 2.69. The number of rotatable bonds is 5. The number of nitrogens with two attached hydrogens (primary N) is 1. The molecule has 0 rings (SSSR count). The summed E-state index contributed by atoms with van der Waals surface area (Å²) in [7, 11) is 0. The molecule has 0 aliphatic heterocycles. The van der Waals surface area contributed by atoms with E-state index in [2.05, 4.69) is 13.8 Å². The Bertz CT molecular complexity index is 80.0. The van der Waals surface area contributed by atoms with Gasteiger partial charge in [0.25, 0.3) is 0 Å². The van der Waals surface area contributed by atoms with E-state index in [4.69, 9.17) is 10.8 Å². The monoisotopic (exact) mass is 163 g/mol. The number of aliphatic hydroxyl groups is 1. The summed E-state index contributed by atoms with van der Waals surface area (Å²) in [6.07, 6.45) is 0.870. The van der Waals surface area contributed by atoms with Gasteiger partial charge in [0.15, 0.2) is 0 Å². The van der Waals surface area contributed by atoms with Gasteiger partial charge in [-0.15, -0.1) is 0 Å². The van der Waals surface area contributed by atoms with Crippen molar-refractivity contribution in [1.29, 1.82) is 0 Å². The standard InChI is InChI=1S/C7H17NOS/c1-6(3-4-9)10-7(2)5-8/h6-7,9H,3-5,8H2,1-2H3. The van der Waals surface area contributed by atoms with Gasteiger partial charge in [-0.3, -0.25) is 0 Å². The maximum atomic E-state index is 8.58. The van der Waals surface area contributed by atoms with Gasteiger partial charge in [-0.1, -0.05) is 13.8 Å². The van der Waals surface area contributed by atoms with Crippen LogP contribution in [0, 0.1) is 0 Å². The molecule has 0 amide bonds.